The number of piperidine rings is 1. The van der Waals surface area contributed by atoms with Gasteiger partial charge in [0.25, 0.3) is 0 Å². The van der Waals surface area contributed by atoms with Crippen molar-refractivity contribution in [3.05, 3.63) is 59.2 Å². The predicted octanol–water partition coefficient (Wildman–Crippen LogP) is 4.49. The first-order chi connectivity index (χ1) is 16.2. The number of carbonyl (C=O) groups excluding carboxylic acids is 1. The van der Waals surface area contributed by atoms with E-state index in [2.05, 4.69) is 9.82 Å². The molecule has 180 valence electrons. The van der Waals surface area contributed by atoms with Crippen molar-refractivity contribution in [3.8, 4) is 0 Å². The van der Waals surface area contributed by atoms with Crippen molar-refractivity contribution >= 4 is 38.6 Å². The number of hydrogen-bond acceptors (Lipinski definition) is 5. The number of halogens is 1. The van der Waals surface area contributed by atoms with E-state index in [0.717, 1.165) is 31.2 Å². The smallest absolute Gasteiger partial charge is 0.410 e. The van der Waals surface area contributed by atoms with Gasteiger partial charge in [-0.3, -0.25) is 4.68 Å². The van der Waals surface area contributed by atoms with Gasteiger partial charge < -0.3 is 9.64 Å². The molecular weight excluding hydrogens is 476 g/mol. The van der Waals surface area contributed by atoms with E-state index in [0.29, 0.717) is 29.0 Å². The van der Waals surface area contributed by atoms with Crippen LogP contribution in [0.2, 0.25) is 5.02 Å². The van der Waals surface area contributed by atoms with Crippen LogP contribution < -0.4 is 4.72 Å². The Morgan fingerprint density at radius 1 is 1.26 bits per heavy atom. The molecule has 1 amide bonds. The summed E-state index contributed by atoms with van der Waals surface area (Å²) >= 11 is 6.46. The second-order valence-electron chi connectivity index (χ2n) is 9.38. The van der Waals surface area contributed by atoms with Crippen LogP contribution >= 0.6 is 11.6 Å². The summed E-state index contributed by atoms with van der Waals surface area (Å²) in [6.07, 6.45) is 4.52. The summed E-state index contributed by atoms with van der Waals surface area (Å²) < 4.78 is 36.0. The zero-order valence-corrected chi connectivity index (χ0v) is 20.5. The summed E-state index contributed by atoms with van der Waals surface area (Å²) in [6, 6.07) is 12.5. The molecule has 1 aliphatic carbocycles. The number of nitrogens with zero attached hydrogens (tertiary/aromatic N) is 3. The van der Waals surface area contributed by atoms with Crippen molar-refractivity contribution in [3.63, 3.8) is 0 Å². The molecule has 1 atom stereocenters. The fourth-order valence-corrected chi connectivity index (χ4v) is 6.17. The molecule has 10 heteroatoms. The van der Waals surface area contributed by atoms with Gasteiger partial charge in [0.05, 0.1) is 27.7 Å². The first kappa shape index (κ1) is 23.1. The fraction of sp³-hybridized carbons (Fsp3) is 0.417. The van der Waals surface area contributed by atoms with Crippen molar-refractivity contribution in [2.45, 2.75) is 55.7 Å². The van der Waals surface area contributed by atoms with Crippen LogP contribution in [-0.2, 0) is 21.4 Å². The van der Waals surface area contributed by atoms with Crippen LogP contribution in [0.25, 0.3) is 10.9 Å². The molecule has 0 radical (unpaired) electrons. The van der Waals surface area contributed by atoms with Crippen LogP contribution in [0, 0.1) is 0 Å². The summed E-state index contributed by atoms with van der Waals surface area (Å²) in [5.74, 6) is 0. The summed E-state index contributed by atoms with van der Waals surface area (Å²) in [5.41, 5.74) is 1.18. The van der Waals surface area contributed by atoms with Gasteiger partial charge in [-0.15, -0.1) is 0 Å². The molecule has 2 fully saturated rings. The minimum absolute atomic E-state index is 0.113. The van der Waals surface area contributed by atoms with E-state index < -0.39 is 10.0 Å². The predicted molar refractivity (Wildman–Crippen MR) is 129 cm³/mol. The second-order valence-corrected chi connectivity index (χ2v) is 11.5. The van der Waals surface area contributed by atoms with Crippen LogP contribution in [0.5, 0.6) is 0 Å². The van der Waals surface area contributed by atoms with Gasteiger partial charge in [-0.25, -0.2) is 17.9 Å². The van der Waals surface area contributed by atoms with Crippen LogP contribution in [0.1, 0.15) is 44.2 Å². The Labute approximate surface area is 203 Å². The number of rotatable bonds is 6. The standard InChI is InChI=1S/C24H27ClN4O4S/c1-24(9-10-24)27-34(31,32)19-12-21(25)20-14-26-29(22(20)13-19)18-8-5-11-28(15-18)23(30)33-16-17-6-3-2-4-7-17/h2-4,6-7,12-14,18,27H,5,8-11,15-16H2,1H3. The average Bonchev–Trinajstić information content (AvgIpc) is 3.37. The molecule has 1 N–H and O–H groups in total. The zero-order chi connectivity index (χ0) is 23.9. The normalized spacial score (nSPS) is 19.8. The number of fused-ring (bicyclic) bond motifs is 1. The Balaban J connectivity index is 1.36. The first-order valence-corrected chi connectivity index (χ1v) is 13.3. The highest BCUT2D eigenvalue weighted by Crippen LogP contribution is 2.37. The van der Waals surface area contributed by atoms with E-state index in [1.54, 1.807) is 21.8 Å². The molecule has 1 saturated heterocycles. The lowest BCUT2D eigenvalue weighted by Crippen LogP contribution is -2.41. The van der Waals surface area contributed by atoms with E-state index >= 15 is 0 Å². The van der Waals surface area contributed by atoms with Gasteiger partial charge in [0.15, 0.2) is 0 Å². The van der Waals surface area contributed by atoms with Crippen molar-refractivity contribution in [2.24, 2.45) is 0 Å². The number of hydrogen-bond donors (Lipinski definition) is 1. The van der Waals surface area contributed by atoms with Gasteiger partial charge >= 0.3 is 6.09 Å². The second kappa shape index (κ2) is 8.87. The van der Waals surface area contributed by atoms with Crippen LogP contribution in [0.4, 0.5) is 4.79 Å². The molecule has 1 unspecified atom stereocenters. The quantitative estimate of drug-likeness (QED) is 0.536. The average molecular weight is 503 g/mol. The third-order valence-corrected chi connectivity index (χ3v) is 8.47. The monoisotopic (exact) mass is 502 g/mol. The van der Waals surface area contributed by atoms with E-state index in [1.165, 1.54) is 6.07 Å². The van der Waals surface area contributed by atoms with Crippen LogP contribution in [0.3, 0.4) is 0 Å². The summed E-state index contributed by atoms with van der Waals surface area (Å²) in [4.78, 5) is 14.5. The molecule has 2 aromatic carbocycles. The maximum absolute atomic E-state index is 13.0. The molecule has 0 spiro atoms. The summed E-state index contributed by atoms with van der Waals surface area (Å²) in [6.45, 7) is 3.14. The Hall–Kier alpha value is -2.62. The highest BCUT2D eigenvalue weighted by atomic mass is 35.5. The Kier molecular flexibility index (Phi) is 6.03. The number of ether oxygens (including phenoxy) is 1. The number of nitrogens with one attached hydrogen (secondary N) is 1. The lowest BCUT2D eigenvalue weighted by Gasteiger charge is -2.32. The van der Waals surface area contributed by atoms with Crippen LogP contribution in [-0.4, -0.2) is 47.8 Å². The Morgan fingerprint density at radius 2 is 2.03 bits per heavy atom. The number of carbonyl (C=O) groups is 1. The minimum Gasteiger partial charge on any atom is -0.445 e. The molecule has 5 rings (SSSR count). The number of amides is 1. The fourth-order valence-electron chi connectivity index (χ4n) is 4.33. The van der Waals surface area contributed by atoms with E-state index in [-0.39, 0.29) is 29.2 Å². The molecule has 2 heterocycles. The largest absolute Gasteiger partial charge is 0.445 e. The Morgan fingerprint density at radius 3 is 2.76 bits per heavy atom. The molecular formula is C24H27ClN4O4S. The maximum atomic E-state index is 13.0. The molecule has 1 aliphatic heterocycles. The van der Waals surface area contributed by atoms with Crippen molar-refractivity contribution in [1.82, 2.24) is 19.4 Å². The molecule has 1 saturated carbocycles. The SMILES string of the molecule is CC1(NS(=O)(=O)c2cc(Cl)c3cnn(C4CCCN(C(=O)OCc5ccccc5)C4)c3c2)CC1. The molecule has 2 aliphatic rings. The third kappa shape index (κ3) is 4.78. The van der Waals surface area contributed by atoms with E-state index in [4.69, 9.17) is 16.3 Å². The van der Waals surface area contributed by atoms with Gasteiger partial charge in [0, 0.05) is 24.0 Å². The number of benzene rings is 2. The van der Waals surface area contributed by atoms with Crippen LogP contribution in [0.15, 0.2) is 53.6 Å². The molecule has 8 nitrogen and oxygen atoms in total. The van der Waals surface area contributed by atoms with Gasteiger partial charge in [-0.1, -0.05) is 41.9 Å². The minimum atomic E-state index is -3.71. The summed E-state index contributed by atoms with van der Waals surface area (Å²) in [5, 5.41) is 5.53. The zero-order valence-electron chi connectivity index (χ0n) is 18.9. The van der Waals surface area contributed by atoms with E-state index in [9.17, 15) is 13.2 Å². The van der Waals surface area contributed by atoms with Gasteiger partial charge in [-0.05, 0) is 50.3 Å². The molecule has 34 heavy (non-hydrogen) atoms. The third-order valence-electron chi connectivity index (χ3n) is 6.54. The number of sulfonamides is 1. The first-order valence-electron chi connectivity index (χ1n) is 11.4. The van der Waals surface area contributed by atoms with Crippen molar-refractivity contribution in [1.29, 1.82) is 0 Å². The lowest BCUT2D eigenvalue weighted by molar-refractivity contribution is 0.0794. The number of likely N-dealkylation sites (tertiary alicyclic amines) is 1. The highest BCUT2D eigenvalue weighted by Gasteiger charge is 2.41. The lowest BCUT2D eigenvalue weighted by atomic mass is 10.1. The summed E-state index contributed by atoms with van der Waals surface area (Å²) in [7, 11) is -3.71. The van der Waals surface area contributed by atoms with Crippen molar-refractivity contribution in [2.75, 3.05) is 13.1 Å². The molecule has 0 bridgehead atoms. The van der Waals surface area contributed by atoms with Crippen molar-refractivity contribution < 1.29 is 17.9 Å². The molecule has 1 aromatic heterocycles. The maximum Gasteiger partial charge on any atom is 0.410 e. The van der Waals surface area contributed by atoms with Gasteiger partial charge in [0.1, 0.15) is 6.61 Å². The highest BCUT2D eigenvalue weighted by molar-refractivity contribution is 7.89. The number of aromatic nitrogens is 2. The topological polar surface area (TPSA) is 93.5 Å². The van der Waals surface area contributed by atoms with Gasteiger partial charge in [0.2, 0.25) is 10.0 Å². The van der Waals surface area contributed by atoms with E-state index in [1.807, 2.05) is 37.3 Å². The molecule has 3 aromatic rings. The van der Waals surface area contributed by atoms with Gasteiger partial charge in [-0.2, -0.15) is 5.10 Å². The Bertz CT molecular complexity index is 1320.